The zero-order valence-corrected chi connectivity index (χ0v) is 16.3. The number of carbonyl (C=O) groups is 3. The molecule has 1 N–H and O–H groups in total. The van der Waals surface area contributed by atoms with Gasteiger partial charge < -0.3 is 14.8 Å². The average Bonchev–Trinajstić information content (AvgIpc) is 2.64. The van der Waals surface area contributed by atoms with Crippen molar-refractivity contribution >= 4 is 47.1 Å². The molecule has 26 heavy (non-hydrogen) atoms. The van der Waals surface area contributed by atoms with Crippen molar-refractivity contribution < 1.29 is 23.9 Å². The number of halogens is 2. The van der Waals surface area contributed by atoms with Crippen molar-refractivity contribution in [3.63, 3.8) is 0 Å². The Morgan fingerprint density at radius 3 is 2.50 bits per heavy atom. The van der Waals surface area contributed by atoms with Crippen molar-refractivity contribution in [2.24, 2.45) is 5.92 Å². The summed E-state index contributed by atoms with van der Waals surface area (Å²) in [5, 5.41) is 3.28. The lowest BCUT2D eigenvalue weighted by Gasteiger charge is -2.21. The highest BCUT2D eigenvalue weighted by Crippen LogP contribution is 2.23. The van der Waals surface area contributed by atoms with Crippen LogP contribution < -0.4 is 5.32 Å². The van der Waals surface area contributed by atoms with Crippen LogP contribution in [0, 0.1) is 5.92 Å². The van der Waals surface area contributed by atoms with Crippen LogP contribution in [0.15, 0.2) is 24.3 Å². The summed E-state index contributed by atoms with van der Waals surface area (Å²) in [5.74, 6) is -1.95. The quantitative estimate of drug-likeness (QED) is 0.533. The third-order valence-electron chi connectivity index (χ3n) is 3.69. The van der Waals surface area contributed by atoms with E-state index in [9.17, 15) is 14.4 Å². The maximum Gasteiger partial charge on any atom is 0.331 e. The van der Waals surface area contributed by atoms with Gasteiger partial charge in [0.15, 0.2) is 6.61 Å². The van der Waals surface area contributed by atoms with Gasteiger partial charge in [-0.25, -0.2) is 9.59 Å². The maximum atomic E-state index is 11.9. The van der Waals surface area contributed by atoms with Gasteiger partial charge >= 0.3 is 11.9 Å². The molecule has 8 heteroatoms. The molecule has 0 saturated carbocycles. The van der Waals surface area contributed by atoms with Gasteiger partial charge in [-0.1, -0.05) is 49.5 Å². The van der Waals surface area contributed by atoms with Gasteiger partial charge in [-0.15, -0.1) is 0 Å². The molecule has 6 nitrogen and oxygen atoms in total. The number of hydrogen-bond acceptors (Lipinski definition) is 5. The second-order valence-corrected chi connectivity index (χ2v) is 6.38. The van der Waals surface area contributed by atoms with Crippen molar-refractivity contribution in [3.8, 4) is 0 Å². The van der Waals surface area contributed by atoms with E-state index in [0.29, 0.717) is 22.0 Å². The molecular weight excluding hydrogens is 381 g/mol. The number of hydrogen-bond donors (Lipinski definition) is 1. The third kappa shape index (κ3) is 7.06. The maximum absolute atomic E-state index is 11.9. The highest BCUT2D eigenvalue weighted by Gasteiger charge is 2.26. The van der Waals surface area contributed by atoms with Gasteiger partial charge in [0.2, 0.25) is 0 Å². The first-order chi connectivity index (χ1) is 12.3. The number of nitrogens with one attached hydrogen (secondary N) is 1. The Bertz CT molecular complexity index is 690. The number of methoxy groups -OCH3 is 1. The molecule has 0 aromatic heterocycles. The van der Waals surface area contributed by atoms with Gasteiger partial charge in [0.1, 0.15) is 6.04 Å². The summed E-state index contributed by atoms with van der Waals surface area (Å²) >= 11 is 11.7. The van der Waals surface area contributed by atoms with E-state index in [0.717, 1.165) is 0 Å². The van der Waals surface area contributed by atoms with Crippen molar-refractivity contribution in [2.45, 2.75) is 26.3 Å². The second-order valence-electron chi connectivity index (χ2n) is 5.57. The summed E-state index contributed by atoms with van der Waals surface area (Å²) in [6, 6.07) is 4.08. The number of esters is 2. The fourth-order valence-electron chi connectivity index (χ4n) is 1.98. The molecule has 1 aromatic rings. The van der Waals surface area contributed by atoms with Crippen molar-refractivity contribution in [3.05, 3.63) is 39.9 Å². The Morgan fingerprint density at radius 1 is 1.23 bits per heavy atom. The molecule has 0 radical (unpaired) electrons. The minimum absolute atomic E-state index is 0.114. The van der Waals surface area contributed by atoms with Gasteiger partial charge in [0, 0.05) is 6.08 Å². The second kappa shape index (κ2) is 10.8. The number of carbonyl (C=O) groups excluding carboxylic acids is 3. The predicted octanol–water partition coefficient (Wildman–Crippen LogP) is 3.25. The zero-order valence-electron chi connectivity index (χ0n) is 14.8. The van der Waals surface area contributed by atoms with Gasteiger partial charge in [-0.3, -0.25) is 4.79 Å². The Balaban J connectivity index is 2.54. The molecule has 2 atom stereocenters. The van der Waals surface area contributed by atoms with Crippen LogP contribution in [0.2, 0.25) is 10.0 Å². The van der Waals surface area contributed by atoms with E-state index >= 15 is 0 Å². The minimum atomic E-state index is -0.789. The summed E-state index contributed by atoms with van der Waals surface area (Å²) in [7, 11) is 1.25. The molecule has 1 amide bonds. The van der Waals surface area contributed by atoms with Crippen LogP contribution in [-0.2, 0) is 23.9 Å². The Labute approximate surface area is 162 Å². The lowest BCUT2D eigenvalue weighted by Crippen LogP contribution is -2.47. The first-order valence-corrected chi connectivity index (χ1v) is 8.71. The molecule has 142 valence electrons. The number of benzene rings is 1. The molecule has 0 fully saturated rings. The third-order valence-corrected chi connectivity index (χ3v) is 4.42. The molecule has 0 aliphatic rings. The average molecular weight is 402 g/mol. The lowest BCUT2D eigenvalue weighted by molar-refractivity contribution is -0.148. The van der Waals surface area contributed by atoms with Crippen LogP contribution in [0.1, 0.15) is 25.8 Å². The van der Waals surface area contributed by atoms with Crippen molar-refractivity contribution in [2.75, 3.05) is 13.7 Å². The fourth-order valence-corrected chi connectivity index (χ4v) is 2.28. The molecule has 0 spiro atoms. The summed E-state index contributed by atoms with van der Waals surface area (Å²) in [5.41, 5.74) is 0.656. The number of amides is 1. The highest BCUT2D eigenvalue weighted by atomic mass is 35.5. The largest absolute Gasteiger partial charge is 0.467 e. The molecule has 0 unspecified atom stereocenters. The van der Waals surface area contributed by atoms with Gasteiger partial charge in [-0.2, -0.15) is 0 Å². The van der Waals surface area contributed by atoms with Crippen LogP contribution >= 0.6 is 23.2 Å². The van der Waals surface area contributed by atoms with Crippen molar-refractivity contribution in [1.29, 1.82) is 0 Å². The Morgan fingerprint density at radius 2 is 1.92 bits per heavy atom. The molecule has 1 rings (SSSR count). The smallest absolute Gasteiger partial charge is 0.331 e. The number of rotatable bonds is 8. The summed E-state index contributed by atoms with van der Waals surface area (Å²) in [6.45, 7) is 3.20. The first-order valence-electron chi connectivity index (χ1n) is 7.95. The van der Waals surface area contributed by atoms with E-state index in [2.05, 4.69) is 10.1 Å². The monoisotopic (exact) mass is 401 g/mol. The lowest BCUT2D eigenvalue weighted by atomic mass is 9.99. The fraction of sp³-hybridized carbons (Fsp3) is 0.389. The molecule has 0 bridgehead atoms. The normalized spacial score (nSPS) is 13.1. The zero-order chi connectivity index (χ0) is 19.7. The van der Waals surface area contributed by atoms with Crippen molar-refractivity contribution in [1.82, 2.24) is 5.32 Å². The molecule has 0 saturated heterocycles. The van der Waals surface area contributed by atoms with E-state index in [4.69, 9.17) is 27.9 Å². The SMILES string of the molecule is CC[C@@H](C)[C@H](NC(=O)COC(=O)/C=C/c1ccc(Cl)c(Cl)c1)C(=O)OC. The molecule has 0 aliphatic carbocycles. The van der Waals surface area contributed by atoms with E-state index in [-0.39, 0.29) is 5.92 Å². The molecule has 1 aromatic carbocycles. The van der Waals surface area contributed by atoms with E-state index < -0.39 is 30.5 Å². The number of ether oxygens (including phenoxy) is 2. The van der Waals surface area contributed by atoms with E-state index in [1.54, 1.807) is 18.2 Å². The van der Waals surface area contributed by atoms with Crippen LogP contribution in [0.3, 0.4) is 0 Å². The van der Waals surface area contributed by atoms with Crippen LogP contribution in [0.4, 0.5) is 0 Å². The predicted molar refractivity (Wildman–Crippen MR) is 99.9 cm³/mol. The van der Waals surface area contributed by atoms with E-state index in [1.165, 1.54) is 19.3 Å². The summed E-state index contributed by atoms with van der Waals surface area (Å²) in [6.07, 6.45) is 3.32. The summed E-state index contributed by atoms with van der Waals surface area (Å²) < 4.78 is 9.53. The summed E-state index contributed by atoms with van der Waals surface area (Å²) in [4.78, 5) is 35.3. The van der Waals surface area contributed by atoms with Gasteiger partial charge in [-0.05, 0) is 29.7 Å². The van der Waals surface area contributed by atoms with E-state index in [1.807, 2.05) is 13.8 Å². The highest BCUT2D eigenvalue weighted by molar-refractivity contribution is 6.42. The Hall–Kier alpha value is -2.05. The molecular formula is C18H21Cl2NO5. The van der Waals surface area contributed by atoms with Crippen LogP contribution in [-0.4, -0.2) is 37.6 Å². The first kappa shape index (κ1) is 22.0. The molecule has 0 aliphatic heterocycles. The topological polar surface area (TPSA) is 81.7 Å². The van der Waals surface area contributed by atoms with Gasteiger partial charge in [0.25, 0.3) is 5.91 Å². The Kier molecular flexibility index (Phi) is 9.16. The van der Waals surface area contributed by atoms with Gasteiger partial charge in [0.05, 0.1) is 17.2 Å². The standard InChI is InChI=1S/C18H21Cl2NO5/c1-4-11(2)17(18(24)25-3)21-15(22)10-26-16(23)8-6-12-5-7-13(19)14(20)9-12/h5-9,11,17H,4,10H2,1-3H3,(H,21,22)/b8-6+/t11-,17+/m1/s1. The van der Waals surface area contributed by atoms with Crippen LogP contribution in [0.5, 0.6) is 0 Å². The molecule has 0 heterocycles. The van der Waals surface area contributed by atoms with Crippen LogP contribution in [0.25, 0.3) is 6.08 Å². The minimum Gasteiger partial charge on any atom is -0.467 e.